The summed E-state index contributed by atoms with van der Waals surface area (Å²) in [5, 5.41) is 23.7. The normalized spacial score (nSPS) is 20.3. The average molecular weight is 412 g/mol. The van der Waals surface area contributed by atoms with Crippen LogP contribution in [0.3, 0.4) is 0 Å². The maximum atomic E-state index is 9.72. The number of piperidine rings is 1. The van der Waals surface area contributed by atoms with E-state index in [1.54, 1.807) is 23.9 Å². The van der Waals surface area contributed by atoms with Gasteiger partial charge < -0.3 is 20.4 Å². The van der Waals surface area contributed by atoms with Crippen LogP contribution in [0.5, 0.6) is 5.75 Å². The molecule has 0 bridgehead atoms. The number of aromatic nitrogens is 2. The van der Waals surface area contributed by atoms with Crippen molar-refractivity contribution in [3.63, 3.8) is 0 Å². The zero-order valence-corrected chi connectivity index (χ0v) is 17.1. The minimum absolute atomic E-state index is 0.208. The van der Waals surface area contributed by atoms with Crippen molar-refractivity contribution in [1.29, 1.82) is 0 Å². The van der Waals surface area contributed by atoms with E-state index in [2.05, 4.69) is 31.3 Å². The first-order valence-electron chi connectivity index (χ1n) is 9.79. The van der Waals surface area contributed by atoms with E-state index < -0.39 is 0 Å². The smallest absolute Gasteiger partial charge is 0.162 e. The molecule has 152 valence electrons. The van der Waals surface area contributed by atoms with Gasteiger partial charge >= 0.3 is 0 Å². The van der Waals surface area contributed by atoms with Crippen molar-refractivity contribution in [3.8, 4) is 5.75 Å². The van der Waals surface area contributed by atoms with Crippen LogP contribution in [0.15, 0.2) is 41.4 Å². The van der Waals surface area contributed by atoms with Gasteiger partial charge in [0.15, 0.2) is 5.17 Å². The predicted octanol–water partition coefficient (Wildman–Crippen LogP) is 3.05. The SMILES string of the molecule is Cc1nc(NC2=NCC(/C=C\c3cccc(O)c3)S2)cc(N2CCC(O)CC2)n1. The number of anilines is 2. The van der Waals surface area contributed by atoms with E-state index >= 15 is 0 Å². The number of nitrogens with one attached hydrogen (secondary N) is 1. The lowest BCUT2D eigenvalue weighted by Crippen LogP contribution is -2.36. The highest BCUT2D eigenvalue weighted by molar-refractivity contribution is 8.15. The number of phenolic OH excluding ortho intramolecular Hbond substituents is 1. The molecule has 0 saturated carbocycles. The lowest BCUT2D eigenvalue weighted by molar-refractivity contribution is 0.145. The first-order valence-corrected chi connectivity index (χ1v) is 10.7. The molecule has 1 unspecified atom stereocenters. The Hall–Kier alpha value is -2.58. The van der Waals surface area contributed by atoms with Crippen molar-refractivity contribution in [3.05, 3.63) is 47.8 Å². The van der Waals surface area contributed by atoms with Gasteiger partial charge in [-0.2, -0.15) is 0 Å². The summed E-state index contributed by atoms with van der Waals surface area (Å²) in [7, 11) is 0. The zero-order valence-electron chi connectivity index (χ0n) is 16.3. The van der Waals surface area contributed by atoms with Crippen LogP contribution in [0.25, 0.3) is 6.08 Å². The van der Waals surface area contributed by atoms with E-state index in [-0.39, 0.29) is 17.1 Å². The molecular formula is C21H25N5O2S. The molecule has 7 nitrogen and oxygen atoms in total. The Labute approximate surface area is 174 Å². The summed E-state index contributed by atoms with van der Waals surface area (Å²) in [6.45, 7) is 4.18. The maximum absolute atomic E-state index is 9.72. The zero-order chi connectivity index (χ0) is 20.2. The molecule has 0 radical (unpaired) electrons. The number of aliphatic hydroxyl groups excluding tert-OH is 1. The second kappa shape index (κ2) is 8.84. The van der Waals surface area contributed by atoms with Gasteiger partial charge in [0, 0.05) is 19.2 Å². The first kappa shape index (κ1) is 19.7. The van der Waals surface area contributed by atoms with Gasteiger partial charge in [-0.3, -0.25) is 4.99 Å². The third kappa shape index (κ3) is 5.27. The molecule has 1 saturated heterocycles. The van der Waals surface area contributed by atoms with Crippen LogP contribution in [0.4, 0.5) is 11.6 Å². The number of aliphatic imine (C=N–C) groups is 1. The average Bonchev–Trinajstić information content (AvgIpc) is 3.14. The topological polar surface area (TPSA) is 93.9 Å². The number of aliphatic hydroxyl groups is 1. The summed E-state index contributed by atoms with van der Waals surface area (Å²) < 4.78 is 0. The van der Waals surface area contributed by atoms with Gasteiger partial charge in [0.05, 0.1) is 17.9 Å². The largest absolute Gasteiger partial charge is 0.508 e. The first-order chi connectivity index (χ1) is 14.0. The highest BCUT2D eigenvalue weighted by Gasteiger charge is 2.21. The molecule has 4 rings (SSSR count). The van der Waals surface area contributed by atoms with Gasteiger partial charge in [-0.1, -0.05) is 36.0 Å². The van der Waals surface area contributed by atoms with Crippen LogP contribution < -0.4 is 10.2 Å². The Bertz CT molecular complexity index is 925. The number of thioether (sulfide) groups is 1. The molecule has 8 heteroatoms. The van der Waals surface area contributed by atoms with Crippen LogP contribution in [-0.2, 0) is 0 Å². The van der Waals surface area contributed by atoms with Gasteiger partial charge in [-0.05, 0) is 37.5 Å². The summed E-state index contributed by atoms with van der Waals surface area (Å²) in [4.78, 5) is 15.8. The van der Waals surface area contributed by atoms with Crippen molar-refractivity contribution < 1.29 is 10.2 Å². The Morgan fingerprint density at radius 1 is 1.21 bits per heavy atom. The van der Waals surface area contributed by atoms with Gasteiger partial charge in [0.2, 0.25) is 0 Å². The molecule has 0 amide bonds. The van der Waals surface area contributed by atoms with Crippen molar-refractivity contribution in [2.24, 2.45) is 4.99 Å². The molecule has 2 aliphatic rings. The standard InChI is InChI=1S/C21H25N5O2S/c1-14-23-19(12-20(24-14)26-9-7-16(27)8-10-26)25-21-22-13-18(29-21)6-5-15-3-2-4-17(28)11-15/h2-6,11-12,16,18,27-28H,7-10,13H2,1H3,(H,22,23,24,25)/b6-5-. The molecule has 1 atom stereocenters. The number of hydrogen-bond acceptors (Lipinski definition) is 8. The highest BCUT2D eigenvalue weighted by atomic mass is 32.2. The number of phenols is 1. The van der Waals surface area contributed by atoms with Crippen LogP contribution in [-0.4, -0.2) is 56.3 Å². The molecule has 2 aromatic rings. The van der Waals surface area contributed by atoms with Gasteiger partial charge in [0.1, 0.15) is 23.2 Å². The fourth-order valence-corrected chi connectivity index (χ4v) is 4.29. The fraction of sp³-hybridized carbons (Fsp3) is 0.381. The molecule has 3 heterocycles. The van der Waals surface area contributed by atoms with Gasteiger partial charge in [0.25, 0.3) is 0 Å². The lowest BCUT2D eigenvalue weighted by atomic mass is 10.1. The molecule has 1 aromatic carbocycles. The number of amidine groups is 1. The van der Waals surface area contributed by atoms with Gasteiger partial charge in [-0.25, -0.2) is 9.97 Å². The van der Waals surface area contributed by atoms with Crippen LogP contribution in [0.2, 0.25) is 0 Å². The third-order valence-electron chi connectivity index (χ3n) is 4.90. The van der Waals surface area contributed by atoms with Crippen LogP contribution in [0.1, 0.15) is 24.2 Å². The number of rotatable bonds is 4. The van der Waals surface area contributed by atoms with E-state index in [1.165, 1.54) is 0 Å². The Kier molecular flexibility index (Phi) is 6.01. The third-order valence-corrected chi connectivity index (χ3v) is 5.96. The molecule has 0 aliphatic carbocycles. The molecule has 3 N–H and O–H groups in total. The lowest BCUT2D eigenvalue weighted by Gasteiger charge is -2.30. The minimum Gasteiger partial charge on any atom is -0.508 e. The summed E-state index contributed by atoms with van der Waals surface area (Å²) in [5.41, 5.74) is 0.967. The Morgan fingerprint density at radius 3 is 2.83 bits per heavy atom. The molecule has 2 aliphatic heterocycles. The second-order valence-corrected chi connectivity index (χ2v) is 8.49. The van der Waals surface area contributed by atoms with Crippen molar-refractivity contribution in [2.75, 3.05) is 29.9 Å². The summed E-state index contributed by atoms with van der Waals surface area (Å²) in [5.74, 6) is 2.60. The van der Waals surface area contributed by atoms with Gasteiger partial charge in [-0.15, -0.1) is 0 Å². The second-order valence-electron chi connectivity index (χ2n) is 7.26. The van der Waals surface area contributed by atoms with E-state index in [0.717, 1.165) is 48.3 Å². The quantitative estimate of drug-likeness (QED) is 0.712. The number of hydrogen-bond donors (Lipinski definition) is 3. The molecule has 1 fully saturated rings. The Balaban J connectivity index is 1.37. The van der Waals surface area contributed by atoms with E-state index in [4.69, 9.17) is 0 Å². The minimum atomic E-state index is -0.208. The number of nitrogens with zero attached hydrogens (tertiary/aromatic N) is 4. The van der Waals surface area contributed by atoms with E-state index in [9.17, 15) is 10.2 Å². The Morgan fingerprint density at radius 2 is 2.03 bits per heavy atom. The highest BCUT2D eigenvalue weighted by Crippen LogP contribution is 2.26. The van der Waals surface area contributed by atoms with Crippen molar-refractivity contribution in [1.82, 2.24) is 9.97 Å². The predicted molar refractivity (Wildman–Crippen MR) is 119 cm³/mol. The summed E-state index contributed by atoms with van der Waals surface area (Å²) in [6, 6.07) is 9.14. The molecule has 0 spiro atoms. The number of aryl methyl sites for hydroxylation is 1. The number of aromatic hydroxyl groups is 1. The van der Waals surface area contributed by atoms with Crippen molar-refractivity contribution >= 4 is 34.6 Å². The number of benzene rings is 1. The molecule has 1 aromatic heterocycles. The maximum Gasteiger partial charge on any atom is 0.162 e. The summed E-state index contributed by atoms with van der Waals surface area (Å²) in [6.07, 6.45) is 5.44. The van der Waals surface area contributed by atoms with E-state index in [0.29, 0.717) is 12.4 Å². The molecular weight excluding hydrogens is 386 g/mol. The monoisotopic (exact) mass is 411 g/mol. The fourth-order valence-electron chi connectivity index (χ4n) is 3.39. The van der Waals surface area contributed by atoms with E-state index in [1.807, 2.05) is 31.2 Å². The van der Waals surface area contributed by atoms with Crippen LogP contribution in [0, 0.1) is 6.92 Å². The van der Waals surface area contributed by atoms with Crippen molar-refractivity contribution in [2.45, 2.75) is 31.1 Å². The molecule has 29 heavy (non-hydrogen) atoms. The summed E-state index contributed by atoms with van der Waals surface area (Å²) >= 11 is 1.66. The van der Waals surface area contributed by atoms with Crippen LogP contribution >= 0.6 is 11.8 Å².